The topological polar surface area (TPSA) is 35.5 Å². The molecule has 0 aromatic heterocycles. The van der Waals surface area contributed by atoms with Gasteiger partial charge in [-0.15, -0.1) is 0 Å². The van der Waals surface area contributed by atoms with Gasteiger partial charge in [-0.3, -0.25) is 0 Å². The van der Waals surface area contributed by atoms with Crippen LogP contribution >= 0.6 is 0 Å². The lowest BCUT2D eigenvalue weighted by molar-refractivity contribution is 0.147. The molecule has 1 saturated heterocycles. The van der Waals surface area contributed by atoms with Gasteiger partial charge in [-0.05, 0) is 44.3 Å². The summed E-state index contributed by atoms with van der Waals surface area (Å²) >= 11 is 0. The summed E-state index contributed by atoms with van der Waals surface area (Å²) in [5.74, 6) is 0. The van der Waals surface area contributed by atoms with Crippen LogP contribution in [0.4, 0.5) is 0 Å². The van der Waals surface area contributed by atoms with E-state index in [4.69, 9.17) is 0 Å². The Bertz CT molecular complexity index is 361. The van der Waals surface area contributed by atoms with Crippen LogP contribution in [0.25, 0.3) is 0 Å². The largest absolute Gasteiger partial charge is 0.392 e. The molecule has 0 bridgehead atoms. The molecule has 2 N–H and O–H groups in total. The van der Waals surface area contributed by atoms with Crippen molar-refractivity contribution in [1.82, 2.24) is 10.2 Å². The molecule has 1 fully saturated rings. The fourth-order valence-corrected chi connectivity index (χ4v) is 2.74. The van der Waals surface area contributed by atoms with Crippen molar-refractivity contribution in [2.45, 2.75) is 44.8 Å². The molecule has 1 unspecified atom stereocenters. The summed E-state index contributed by atoms with van der Waals surface area (Å²) in [6, 6.07) is 11.3. The van der Waals surface area contributed by atoms with E-state index in [0.29, 0.717) is 6.04 Å². The SMILES string of the molecule is CCC(O)CNC1CCN(CCc2ccccc2)CC1. The van der Waals surface area contributed by atoms with Crippen molar-refractivity contribution in [3.05, 3.63) is 35.9 Å². The highest BCUT2D eigenvalue weighted by atomic mass is 16.3. The van der Waals surface area contributed by atoms with Crippen molar-refractivity contribution in [2.75, 3.05) is 26.2 Å². The summed E-state index contributed by atoms with van der Waals surface area (Å²) < 4.78 is 0. The van der Waals surface area contributed by atoms with E-state index in [9.17, 15) is 5.11 Å². The molecule has 1 aliphatic rings. The normalized spacial score (nSPS) is 19.1. The predicted molar refractivity (Wildman–Crippen MR) is 83.9 cm³/mol. The molecule has 20 heavy (non-hydrogen) atoms. The summed E-state index contributed by atoms with van der Waals surface area (Å²) in [5, 5.41) is 13.1. The zero-order valence-electron chi connectivity index (χ0n) is 12.6. The van der Waals surface area contributed by atoms with Crippen LogP contribution in [-0.4, -0.2) is 48.3 Å². The van der Waals surface area contributed by atoms with Gasteiger partial charge in [0, 0.05) is 19.1 Å². The molecule has 3 nitrogen and oxygen atoms in total. The highest BCUT2D eigenvalue weighted by Crippen LogP contribution is 2.11. The Morgan fingerprint density at radius 3 is 2.60 bits per heavy atom. The number of nitrogens with zero attached hydrogens (tertiary/aromatic N) is 1. The molecule has 1 aromatic rings. The van der Waals surface area contributed by atoms with Crippen LogP contribution in [0, 0.1) is 0 Å². The Balaban J connectivity index is 1.62. The maximum atomic E-state index is 9.58. The van der Waals surface area contributed by atoms with Crippen molar-refractivity contribution in [3.63, 3.8) is 0 Å². The fourth-order valence-electron chi connectivity index (χ4n) is 2.74. The lowest BCUT2D eigenvalue weighted by atomic mass is 10.0. The molecule has 0 radical (unpaired) electrons. The van der Waals surface area contributed by atoms with Crippen molar-refractivity contribution >= 4 is 0 Å². The number of benzene rings is 1. The molecule has 1 heterocycles. The number of piperidine rings is 1. The van der Waals surface area contributed by atoms with E-state index < -0.39 is 0 Å². The van der Waals surface area contributed by atoms with Crippen molar-refractivity contribution < 1.29 is 5.11 Å². The Kier molecular flexibility index (Phi) is 6.51. The lowest BCUT2D eigenvalue weighted by Crippen LogP contribution is -2.45. The zero-order valence-corrected chi connectivity index (χ0v) is 12.6. The molecule has 1 aromatic carbocycles. The van der Waals surface area contributed by atoms with Gasteiger partial charge in [0.1, 0.15) is 0 Å². The third-order valence-electron chi connectivity index (χ3n) is 4.26. The molecule has 2 rings (SSSR count). The first-order valence-electron chi connectivity index (χ1n) is 7.95. The molecule has 112 valence electrons. The van der Waals surface area contributed by atoms with Gasteiger partial charge in [0.25, 0.3) is 0 Å². The fraction of sp³-hybridized carbons (Fsp3) is 0.647. The number of nitrogens with one attached hydrogen (secondary N) is 1. The minimum Gasteiger partial charge on any atom is -0.392 e. The quantitative estimate of drug-likeness (QED) is 0.800. The highest BCUT2D eigenvalue weighted by molar-refractivity contribution is 5.14. The Morgan fingerprint density at radius 2 is 1.95 bits per heavy atom. The number of rotatable bonds is 7. The second kappa shape index (κ2) is 8.40. The molecule has 0 saturated carbocycles. The van der Waals surface area contributed by atoms with Crippen molar-refractivity contribution in [2.24, 2.45) is 0 Å². The summed E-state index contributed by atoms with van der Waals surface area (Å²) in [5.41, 5.74) is 1.43. The predicted octanol–water partition coefficient (Wildman–Crippen LogP) is 2.05. The van der Waals surface area contributed by atoms with Crippen LogP contribution in [0.15, 0.2) is 30.3 Å². The van der Waals surface area contributed by atoms with Gasteiger partial charge in [0.05, 0.1) is 6.10 Å². The van der Waals surface area contributed by atoms with E-state index in [1.807, 2.05) is 6.92 Å². The number of aliphatic hydroxyl groups excluding tert-OH is 1. The molecular weight excluding hydrogens is 248 g/mol. The number of likely N-dealkylation sites (tertiary alicyclic amines) is 1. The second-order valence-corrected chi connectivity index (χ2v) is 5.82. The molecule has 0 spiro atoms. The Labute approximate surface area is 123 Å². The maximum absolute atomic E-state index is 9.58. The maximum Gasteiger partial charge on any atom is 0.0662 e. The van der Waals surface area contributed by atoms with Gasteiger partial charge in [0.15, 0.2) is 0 Å². The van der Waals surface area contributed by atoms with E-state index in [1.54, 1.807) is 0 Å². The molecule has 1 atom stereocenters. The Morgan fingerprint density at radius 1 is 1.25 bits per heavy atom. The van der Waals surface area contributed by atoms with E-state index in [0.717, 1.165) is 25.9 Å². The monoisotopic (exact) mass is 276 g/mol. The van der Waals surface area contributed by atoms with E-state index >= 15 is 0 Å². The molecule has 3 heteroatoms. The van der Waals surface area contributed by atoms with E-state index in [-0.39, 0.29) is 6.10 Å². The minimum absolute atomic E-state index is 0.189. The first-order chi connectivity index (χ1) is 9.78. The summed E-state index contributed by atoms with van der Waals surface area (Å²) in [4.78, 5) is 2.56. The molecule has 0 amide bonds. The van der Waals surface area contributed by atoms with Gasteiger partial charge in [-0.1, -0.05) is 37.3 Å². The first kappa shape index (κ1) is 15.5. The van der Waals surface area contributed by atoms with E-state index in [1.165, 1.54) is 31.5 Å². The second-order valence-electron chi connectivity index (χ2n) is 5.82. The first-order valence-corrected chi connectivity index (χ1v) is 7.95. The third-order valence-corrected chi connectivity index (χ3v) is 4.26. The van der Waals surface area contributed by atoms with Gasteiger partial charge < -0.3 is 15.3 Å². The number of aliphatic hydroxyl groups is 1. The van der Waals surface area contributed by atoms with Gasteiger partial charge in [0.2, 0.25) is 0 Å². The summed E-state index contributed by atoms with van der Waals surface area (Å²) in [7, 11) is 0. The van der Waals surface area contributed by atoms with E-state index in [2.05, 4.69) is 40.5 Å². The van der Waals surface area contributed by atoms with Crippen LogP contribution in [0.1, 0.15) is 31.7 Å². The van der Waals surface area contributed by atoms with Crippen LogP contribution in [0.5, 0.6) is 0 Å². The Hall–Kier alpha value is -0.900. The highest BCUT2D eigenvalue weighted by Gasteiger charge is 2.18. The smallest absolute Gasteiger partial charge is 0.0662 e. The van der Waals surface area contributed by atoms with Crippen molar-refractivity contribution in [3.8, 4) is 0 Å². The van der Waals surface area contributed by atoms with Crippen LogP contribution in [0.2, 0.25) is 0 Å². The number of hydrogen-bond donors (Lipinski definition) is 2. The molecule has 0 aliphatic carbocycles. The van der Waals surface area contributed by atoms with Gasteiger partial charge in [-0.2, -0.15) is 0 Å². The average Bonchev–Trinajstić information content (AvgIpc) is 2.52. The average molecular weight is 276 g/mol. The van der Waals surface area contributed by atoms with Gasteiger partial charge >= 0.3 is 0 Å². The standard InChI is InChI=1S/C17H28N2O/c1-2-17(20)14-18-16-9-12-19(13-10-16)11-8-15-6-4-3-5-7-15/h3-7,16-18,20H,2,8-14H2,1H3. The zero-order chi connectivity index (χ0) is 14.2. The van der Waals surface area contributed by atoms with Crippen molar-refractivity contribution in [1.29, 1.82) is 0 Å². The van der Waals surface area contributed by atoms with Gasteiger partial charge in [-0.25, -0.2) is 0 Å². The van der Waals surface area contributed by atoms with Crippen LogP contribution in [0.3, 0.4) is 0 Å². The summed E-state index contributed by atoms with van der Waals surface area (Å²) in [6.07, 6.45) is 4.19. The van der Waals surface area contributed by atoms with Crippen LogP contribution in [-0.2, 0) is 6.42 Å². The molecular formula is C17H28N2O. The van der Waals surface area contributed by atoms with Crippen LogP contribution < -0.4 is 5.32 Å². The minimum atomic E-state index is -0.189. The third kappa shape index (κ3) is 5.23. The number of hydrogen-bond acceptors (Lipinski definition) is 3. The lowest BCUT2D eigenvalue weighted by Gasteiger charge is -2.32. The molecule has 1 aliphatic heterocycles. The summed E-state index contributed by atoms with van der Waals surface area (Å²) in [6.45, 7) is 6.28.